The van der Waals surface area contributed by atoms with Crippen LogP contribution in [0.1, 0.15) is 5.56 Å². The van der Waals surface area contributed by atoms with Crippen molar-refractivity contribution in [1.29, 1.82) is 0 Å². The maximum Gasteiger partial charge on any atom is 0.414 e. The highest BCUT2D eigenvalue weighted by Gasteiger charge is 2.20. The van der Waals surface area contributed by atoms with Crippen molar-refractivity contribution in [1.82, 2.24) is 20.1 Å². The topological polar surface area (TPSA) is 136 Å². The number of carboxylic acid groups (broad SMARTS) is 2. The van der Waals surface area contributed by atoms with Crippen LogP contribution in [-0.4, -0.2) is 56.2 Å². The van der Waals surface area contributed by atoms with Crippen molar-refractivity contribution in [3.8, 4) is 28.4 Å². The lowest BCUT2D eigenvalue weighted by Crippen LogP contribution is -2.38. The fraction of sp³-hybridized carbons (Fsp3) is 0.154. The predicted molar refractivity (Wildman–Crippen MR) is 130 cm³/mol. The van der Waals surface area contributed by atoms with Gasteiger partial charge in [0.25, 0.3) is 0 Å². The highest BCUT2D eigenvalue weighted by molar-refractivity contribution is 6.27. The molecule has 1 atom stereocenters. The third kappa shape index (κ3) is 6.24. The standard InChI is InChI=1S/C24H22N4O2.C2H2O4/c1-2-8-20(9-3-1)28-16-19(24(27-28)18-7-6-12-25-13-18)14-26-15-21-17-29-22-10-4-5-11-23(22)30-21;3-1(4)2(5)6/h1-13,16,21,26H,14-15,17H2;(H,3,4)(H,5,6). The Morgan fingerprint density at radius 2 is 1.69 bits per heavy atom. The lowest BCUT2D eigenvalue weighted by atomic mass is 10.1. The summed E-state index contributed by atoms with van der Waals surface area (Å²) in [5.74, 6) is -2.05. The van der Waals surface area contributed by atoms with E-state index in [2.05, 4.69) is 16.5 Å². The monoisotopic (exact) mass is 488 g/mol. The molecule has 2 aromatic heterocycles. The number of hydrogen-bond acceptors (Lipinski definition) is 7. The van der Waals surface area contributed by atoms with Gasteiger partial charge in [-0.25, -0.2) is 14.3 Å². The molecule has 5 rings (SSSR count). The predicted octanol–water partition coefficient (Wildman–Crippen LogP) is 3.02. The van der Waals surface area contributed by atoms with Gasteiger partial charge in [-0.1, -0.05) is 30.3 Å². The van der Waals surface area contributed by atoms with E-state index in [1.54, 1.807) is 6.20 Å². The van der Waals surface area contributed by atoms with Crippen LogP contribution in [0.3, 0.4) is 0 Å². The van der Waals surface area contributed by atoms with Gasteiger partial charge in [0.1, 0.15) is 12.7 Å². The lowest BCUT2D eigenvalue weighted by molar-refractivity contribution is -0.159. The van der Waals surface area contributed by atoms with E-state index < -0.39 is 11.9 Å². The summed E-state index contributed by atoms with van der Waals surface area (Å²) in [5.41, 5.74) is 4.04. The Kier molecular flexibility index (Phi) is 7.89. The summed E-state index contributed by atoms with van der Waals surface area (Å²) in [7, 11) is 0. The van der Waals surface area contributed by atoms with Gasteiger partial charge in [0.15, 0.2) is 11.5 Å². The van der Waals surface area contributed by atoms with Gasteiger partial charge in [0, 0.05) is 42.8 Å². The number of carbonyl (C=O) groups is 2. The van der Waals surface area contributed by atoms with E-state index >= 15 is 0 Å². The Morgan fingerprint density at radius 1 is 0.972 bits per heavy atom. The van der Waals surface area contributed by atoms with Crippen molar-refractivity contribution >= 4 is 11.9 Å². The number of aromatic nitrogens is 3. The SMILES string of the molecule is O=C(O)C(=O)O.c1ccc(-n2cc(CNCC3COc4ccccc4O3)c(-c3cccnc3)n2)cc1. The molecule has 0 radical (unpaired) electrons. The summed E-state index contributed by atoms with van der Waals surface area (Å²) in [6.45, 7) is 1.87. The maximum absolute atomic E-state index is 9.10. The van der Waals surface area contributed by atoms with Crippen LogP contribution in [0.15, 0.2) is 85.3 Å². The fourth-order valence-electron chi connectivity index (χ4n) is 3.53. The molecule has 36 heavy (non-hydrogen) atoms. The van der Waals surface area contributed by atoms with Crippen LogP contribution in [0, 0.1) is 0 Å². The number of aliphatic carboxylic acids is 2. The van der Waals surface area contributed by atoms with E-state index in [1.807, 2.05) is 77.6 Å². The first kappa shape index (κ1) is 24.4. The molecule has 0 amide bonds. The normalized spacial score (nSPS) is 13.8. The molecule has 0 spiro atoms. The fourth-order valence-corrected chi connectivity index (χ4v) is 3.53. The zero-order valence-corrected chi connectivity index (χ0v) is 19.2. The first-order valence-electron chi connectivity index (χ1n) is 11.1. The molecule has 0 saturated heterocycles. The van der Waals surface area contributed by atoms with Gasteiger partial charge < -0.3 is 25.0 Å². The van der Waals surface area contributed by atoms with Crippen molar-refractivity contribution in [3.63, 3.8) is 0 Å². The molecule has 0 fully saturated rings. The van der Waals surface area contributed by atoms with Gasteiger partial charge in [0.2, 0.25) is 0 Å². The molecule has 3 N–H and O–H groups in total. The molecule has 0 bridgehead atoms. The second-order valence-corrected chi connectivity index (χ2v) is 7.76. The van der Waals surface area contributed by atoms with Crippen LogP contribution in [-0.2, 0) is 16.1 Å². The van der Waals surface area contributed by atoms with Gasteiger partial charge in [0.05, 0.1) is 11.4 Å². The average molecular weight is 489 g/mol. The molecule has 0 aliphatic carbocycles. The Balaban J connectivity index is 0.000000455. The molecule has 4 aromatic rings. The maximum atomic E-state index is 9.10. The van der Waals surface area contributed by atoms with E-state index in [0.29, 0.717) is 19.7 Å². The highest BCUT2D eigenvalue weighted by Crippen LogP contribution is 2.30. The van der Waals surface area contributed by atoms with Crippen LogP contribution in [0.2, 0.25) is 0 Å². The zero-order valence-electron chi connectivity index (χ0n) is 19.2. The molecule has 1 aliphatic heterocycles. The van der Waals surface area contributed by atoms with Crippen molar-refractivity contribution in [2.45, 2.75) is 12.6 Å². The summed E-state index contributed by atoms with van der Waals surface area (Å²) in [5, 5.41) is 23.1. The summed E-state index contributed by atoms with van der Waals surface area (Å²) in [4.78, 5) is 22.5. The third-order valence-electron chi connectivity index (χ3n) is 5.18. The minimum atomic E-state index is -1.82. The molecule has 3 heterocycles. The van der Waals surface area contributed by atoms with Gasteiger partial charge >= 0.3 is 11.9 Å². The summed E-state index contributed by atoms with van der Waals surface area (Å²) in [6, 6.07) is 21.8. The molecule has 184 valence electrons. The van der Waals surface area contributed by atoms with E-state index in [9.17, 15) is 0 Å². The first-order chi connectivity index (χ1) is 17.5. The van der Waals surface area contributed by atoms with Crippen LogP contribution in [0.5, 0.6) is 11.5 Å². The minimum absolute atomic E-state index is 0.0362. The molecule has 1 unspecified atom stereocenters. The number of benzene rings is 2. The number of para-hydroxylation sites is 3. The Bertz CT molecular complexity index is 1300. The zero-order chi connectivity index (χ0) is 25.3. The van der Waals surface area contributed by atoms with Crippen LogP contribution < -0.4 is 14.8 Å². The number of hydrogen-bond donors (Lipinski definition) is 3. The average Bonchev–Trinajstić information content (AvgIpc) is 3.34. The molecule has 2 aromatic carbocycles. The van der Waals surface area contributed by atoms with Gasteiger partial charge in [-0.05, 0) is 36.4 Å². The Labute approximate surface area is 206 Å². The summed E-state index contributed by atoms with van der Waals surface area (Å²) >= 11 is 0. The molecular formula is C26H24N4O6. The molecular weight excluding hydrogens is 464 g/mol. The first-order valence-corrected chi connectivity index (χ1v) is 11.1. The van der Waals surface area contributed by atoms with Crippen LogP contribution >= 0.6 is 0 Å². The minimum Gasteiger partial charge on any atom is -0.486 e. The van der Waals surface area contributed by atoms with Crippen molar-refractivity contribution in [2.75, 3.05) is 13.2 Å². The smallest absolute Gasteiger partial charge is 0.414 e. The number of pyridine rings is 1. The second kappa shape index (κ2) is 11.6. The molecule has 1 aliphatic rings. The lowest BCUT2D eigenvalue weighted by Gasteiger charge is -2.26. The second-order valence-electron chi connectivity index (χ2n) is 7.76. The number of nitrogens with one attached hydrogen (secondary N) is 1. The van der Waals surface area contributed by atoms with Gasteiger partial charge in [-0.2, -0.15) is 5.10 Å². The Hall–Kier alpha value is -4.70. The van der Waals surface area contributed by atoms with E-state index in [0.717, 1.165) is 34.0 Å². The van der Waals surface area contributed by atoms with Crippen molar-refractivity contribution in [3.05, 3.63) is 90.9 Å². The van der Waals surface area contributed by atoms with Gasteiger partial charge in [-0.3, -0.25) is 4.98 Å². The number of rotatable bonds is 6. The van der Waals surface area contributed by atoms with Gasteiger partial charge in [-0.15, -0.1) is 0 Å². The molecule has 0 saturated carbocycles. The van der Waals surface area contributed by atoms with Crippen molar-refractivity contribution < 1.29 is 29.3 Å². The summed E-state index contributed by atoms with van der Waals surface area (Å²) < 4.78 is 13.8. The number of nitrogens with zero attached hydrogens (tertiary/aromatic N) is 3. The van der Waals surface area contributed by atoms with Crippen LogP contribution in [0.25, 0.3) is 16.9 Å². The summed E-state index contributed by atoms with van der Waals surface area (Å²) in [6.07, 6.45) is 5.65. The van der Waals surface area contributed by atoms with Crippen LogP contribution in [0.4, 0.5) is 0 Å². The van der Waals surface area contributed by atoms with E-state index in [4.69, 9.17) is 34.4 Å². The molecule has 10 heteroatoms. The third-order valence-corrected chi connectivity index (χ3v) is 5.18. The number of ether oxygens (including phenoxy) is 2. The highest BCUT2D eigenvalue weighted by atomic mass is 16.6. The number of carboxylic acids is 2. The van der Waals surface area contributed by atoms with E-state index in [-0.39, 0.29) is 6.10 Å². The Morgan fingerprint density at radius 3 is 2.39 bits per heavy atom. The molecule has 10 nitrogen and oxygen atoms in total. The number of fused-ring (bicyclic) bond motifs is 1. The largest absolute Gasteiger partial charge is 0.486 e. The quantitative estimate of drug-likeness (QED) is 0.350. The van der Waals surface area contributed by atoms with E-state index in [1.165, 1.54) is 0 Å². The van der Waals surface area contributed by atoms with Crippen molar-refractivity contribution in [2.24, 2.45) is 0 Å².